The molecule has 0 radical (unpaired) electrons. The average molecular weight is 396 g/mol. The summed E-state index contributed by atoms with van der Waals surface area (Å²) in [5.74, 6) is -0.391. The quantitative estimate of drug-likeness (QED) is 0.709. The molecule has 2 aromatic rings. The number of ether oxygens (including phenoxy) is 2. The number of rotatable bonds is 5. The van der Waals surface area contributed by atoms with Crippen molar-refractivity contribution in [1.29, 1.82) is 0 Å². The van der Waals surface area contributed by atoms with E-state index in [0.717, 1.165) is 22.3 Å². The third-order valence-corrected chi connectivity index (χ3v) is 5.80. The second kappa shape index (κ2) is 8.29. The van der Waals surface area contributed by atoms with Crippen molar-refractivity contribution >= 4 is 5.91 Å². The number of carbonyl (C=O) groups is 1. The Bertz CT molecular complexity index is 848. The summed E-state index contributed by atoms with van der Waals surface area (Å²) in [6.07, 6.45) is 0. The molecule has 1 saturated heterocycles. The first-order valence-corrected chi connectivity index (χ1v) is 10.3. The van der Waals surface area contributed by atoms with Crippen LogP contribution in [0.3, 0.4) is 0 Å². The van der Waals surface area contributed by atoms with E-state index in [4.69, 9.17) is 9.47 Å². The predicted molar refractivity (Wildman–Crippen MR) is 116 cm³/mol. The number of carbonyl (C=O) groups excluding carboxylic acids is 1. The molecular formula is C25H33NO3. The Labute approximate surface area is 174 Å². The standard InChI is InChI=1S/C25H33NO3/c1-18-12-13-19(2)22(14-18)23(27)26(15-20-16-28-25(5,6)29-17-20)24(3,4)21-10-8-7-9-11-21/h7-14,20H,15-17H2,1-6H3. The molecular weight excluding hydrogens is 362 g/mol. The monoisotopic (exact) mass is 395 g/mol. The summed E-state index contributed by atoms with van der Waals surface area (Å²) >= 11 is 0. The molecule has 0 aliphatic carbocycles. The van der Waals surface area contributed by atoms with Crippen molar-refractivity contribution < 1.29 is 14.3 Å². The van der Waals surface area contributed by atoms with E-state index in [2.05, 4.69) is 26.0 Å². The van der Waals surface area contributed by atoms with Crippen molar-refractivity contribution in [2.75, 3.05) is 19.8 Å². The molecule has 1 heterocycles. The minimum atomic E-state index is -0.562. The molecule has 0 bridgehead atoms. The van der Waals surface area contributed by atoms with Crippen LogP contribution in [0.15, 0.2) is 48.5 Å². The van der Waals surface area contributed by atoms with Crippen LogP contribution in [0.25, 0.3) is 0 Å². The Morgan fingerprint density at radius 1 is 1.07 bits per heavy atom. The van der Waals surface area contributed by atoms with Gasteiger partial charge in [-0.1, -0.05) is 48.0 Å². The molecule has 1 aliphatic rings. The van der Waals surface area contributed by atoms with Gasteiger partial charge in [0.1, 0.15) is 0 Å². The number of hydrogen-bond acceptors (Lipinski definition) is 3. The Morgan fingerprint density at radius 2 is 1.69 bits per heavy atom. The van der Waals surface area contributed by atoms with Crippen molar-refractivity contribution in [2.45, 2.75) is 52.9 Å². The van der Waals surface area contributed by atoms with E-state index in [1.807, 2.05) is 69.0 Å². The van der Waals surface area contributed by atoms with E-state index >= 15 is 0 Å². The second-order valence-electron chi connectivity index (χ2n) is 9.05. The van der Waals surface area contributed by atoms with Crippen LogP contribution in [0.2, 0.25) is 0 Å². The van der Waals surface area contributed by atoms with Gasteiger partial charge >= 0.3 is 0 Å². The van der Waals surface area contributed by atoms with Crippen molar-refractivity contribution in [1.82, 2.24) is 4.90 Å². The van der Waals surface area contributed by atoms with Crippen LogP contribution in [0.5, 0.6) is 0 Å². The maximum atomic E-state index is 13.8. The van der Waals surface area contributed by atoms with Gasteiger partial charge in [0.2, 0.25) is 0 Å². The Balaban J connectivity index is 1.95. The van der Waals surface area contributed by atoms with Crippen molar-refractivity contribution in [2.24, 2.45) is 5.92 Å². The highest BCUT2D eigenvalue weighted by Gasteiger charge is 2.37. The fraction of sp³-hybridized carbons (Fsp3) is 0.480. The third-order valence-electron chi connectivity index (χ3n) is 5.80. The van der Waals surface area contributed by atoms with Gasteiger partial charge in [-0.3, -0.25) is 4.79 Å². The Kier molecular flexibility index (Phi) is 6.16. The smallest absolute Gasteiger partial charge is 0.254 e. The van der Waals surface area contributed by atoms with Crippen LogP contribution >= 0.6 is 0 Å². The Morgan fingerprint density at radius 3 is 2.31 bits per heavy atom. The molecule has 4 heteroatoms. The number of benzene rings is 2. The zero-order chi connectivity index (χ0) is 21.2. The lowest BCUT2D eigenvalue weighted by atomic mass is 9.89. The van der Waals surface area contributed by atoms with Crippen molar-refractivity contribution in [3.8, 4) is 0 Å². The zero-order valence-corrected chi connectivity index (χ0v) is 18.5. The first-order valence-electron chi connectivity index (χ1n) is 10.3. The summed E-state index contributed by atoms with van der Waals surface area (Å²) in [5.41, 5.74) is 3.47. The highest BCUT2D eigenvalue weighted by atomic mass is 16.7. The topological polar surface area (TPSA) is 38.8 Å². The summed E-state index contributed by atoms with van der Waals surface area (Å²) < 4.78 is 11.7. The van der Waals surface area contributed by atoms with E-state index in [0.29, 0.717) is 19.8 Å². The lowest BCUT2D eigenvalue weighted by Gasteiger charge is -2.43. The molecule has 0 unspecified atom stereocenters. The van der Waals surface area contributed by atoms with E-state index in [1.54, 1.807) is 0 Å². The van der Waals surface area contributed by atoms with Crippen LogP contribution in [-0.2, 0) is 15.0 Å². The molecule has 3 rings (SSSR count). The largest absolute Gasteiger partial charge is 0.350 e. The van der Waals surface area contributed by atoms with Crippen LogP contribution < -0.4 is 0 Å². The number of amides is 1. The minimum Gasteiger partial charge on any atom is -0.350 e. The van der Waals surface area contributed by atoms with E-state index in [-0.39, 0.29) is 11.8 Å². The molecule has 1 aliphatic heterocycles. The fourth-order valence-corrected chi connectivity index (χ4v) is 3.77. The van der Waals surface area contributed by atoms with Crippen LogP contribution in [-0.4, -0.2) is 36.4 Å². The number of aryl methyl sites for hydroxylation is 2. The fourth-order valence-electron chi connectivity index (χ4n) is 3.77. The lowest BCUT2D eigenvalue weighted by molar-refractivity contribution is -0.263. The summed E-state index contributed by atoms with van der Waals surface area (Å²) in [6.45, 7) is 13.8. The van der Waals surface area contributed by atoms with Crippen molar-refractivity contribution in [3.63, 3.8) is 0 Å². The van der Waals surface area contributed by atoms with E-state index < -0.39 is 11.3 Å². The van der Waals surface area contributed by atoms with Gasteiger partial charge in [-0.25, -0.2) is 0 Å². The van der Waals surface area contributed by atoms with E-state index in [1.165, 1.54) is 0 Å². The molecule has 2 aromatic carbocycles. The number of nitrogens with zero attached hydrogens (tertiary/aromatic N) is 1. The molecule has 0 N–H and O–H groups in total. The molecule has 0 aromatic heterocycles. The van der Waals surface area contributed by atoms with Gasteiger partial charge in [-0.15, -0.1) is 0 Å². The number of hydrogen-bond donors (Lipinski definition) is 0. The van der Waals surface area contributed by atoms with Gasteiger partial charge in [0.05, 0.1) is 18.8 Å². The zero-order valence-electron chi connectivity index (χ0n) is 18.5. The molecule has 4 nitrogen and oxygen atoms in total. The van der Waals surface area contributed by atoms with Gasteiger partial charge in [0.25, 0.3) is 5.91 Å². The SMILES string of the molecule is Cc1ccc(C)c(C(=O)N(CC2COC(C)(C)OC2)C(C)(C)c2ccccc2)c1. The van der Waals surface area contributed by atoms with Gasteiger partial charge in [0, 0.05) is 18.0 Å². The van der Waals surface area contributed by atoms with Gasteiger partial charge in [-0.05, 0) is 58.7 Å². The summed E-state index contributed by atoms with van der Waals surface area (Å²) in [7, 11) is 0. The maximum absolute atomic E-state index is 13.8. The summed E-state index contributed by atoms with van der Waals surface area (Å²) in [4.78, 5) is 15.8. The third kappa shape index (κ3) is 4.88. The predicted octanol–water partition coefficient (Wildman–Crippen LogP) is 5.08. The normalized spacial score (nSPS) is 17.2. The van der Waals surface area contributed by atoms with Gasteiger partial charge in [-0.2, -0.15) is 0 Å². The van der Waals surface area contributed by atoms with E-state index in [9.17, 15) is 4.79 Å². The second-order valence-corrected chi connectivity index (χ2v) is 9.05. The highest BCUT2D eigenvalue weighted by molar-refractivity contribution is 5.96. The molecule has 156 valence electrons. The van der Waals surface area contributed by atoms with Crippen molar-refractivity contribution in [3.05, 3.63) is 70.8 Å². The molecule has 0 saturated carbocycles. The molecule has 29 heavy (non-hydrogen) atoms. The Hall–Kier alpha value is -2.17. The minimum absolute atomic E-state index is 0.0462. The average Bonchev–Trinajstić information content (AvgIpc) is 2.69. The molecule has 0 spiro atoms. The molecule has 1 amide bonds. The summed E-state index contributed by atoms with van der Waals surface area (Å²) in [6, 6.07) is 16.3. The van der Waals surface area contributed by atoms with Crippen LogP contribution in [0.1, 0.15) is 54.7 Å². The first kappa shape index (κ1) is 21.5. The van der Waals surface area contributed by atoms with Gasteiger partial charge in [0.15, 0.2) is 5.79 Å². The first-order chi connectivity index (χ1) is 13.6. The lowest BCUT2D eigenvalue weighted by Crippen LogP contribution is -2.51. The maximum Gasteiger partial charge on any atom is 0.254 e. The molecule has 1 fully saturated rings. The van der Waals surface area contributed by atoms with Gasteiger partial charge < -0.3 is 14.4 Å². The van der Waals surface area contributed by atoms with Crippen LogP contribution in [0, 0.1) is 19.8 Å². The molecule has 0 atom stereocenters. The van der Waals surface area contributed by atoms with Crippen LogP contribution in [0.4, 0.5) is 0 Å². The highest BCUT2D eigenvalue weighted by Crippen LogP contribution is 2.32. The summed E-state index contributed by atoms with van der Waals surface area (Å²) in [5, 5.41) is 0.